The van der Waals surface area contributed by atoms with Gasteiger partial charge in [-0.25, -0.2) is 0 Å². The summed E-state index contributed by atoms with van der Waals surface area (Å²) in [5.41, 5.74) is 0. The molecule has 0 aromatic carbocycles. The predicted molar refractivity (Wildman–Crippen MR) is 6.36 cm³/mol. The molecule has 5 nitrogen and oxygen atoms in total. The van der Waals surface area contributed by atoms with E-state index in [1.165, 1.54) is 0 Å². The van der Waals surface area contributed by atoms with Crippen molar-refractivity contribution in [2.45, 2.75) is 0 Å². The Balaban J connectivity index is 0. The van der Waals surface area contributed by atoms with E-state index < -0.39 is 0 Å². The summed E-state index contributed by atoms with van der Waals surface area (Å²) in [7, 11) is 0. The Labute approximate surface area is 75.3 Å². The van der Waals surface area contributed by atoms with Gasteiger partial charge < -0.3 is 27.4 Å². The van der Waals surface area contributed by atoms with Crippen molar-refractivity contribution >= 4 is 0 Å². The molecular weight excluding hydrogens is 306 g/mol. The quantitative estimate of drug-likeness (QED) is 0.523. The fraction of sp³-hybridized carbons (Fsp3) is 0. The van der Waals surface area contributed by atoms with Crippen LogP contribution in [0.5, 0.6) is 0 Å². The second-order valence-electron chi connectivity index (χ2n) is 0. The van der Waals surface area contributed by atoms with Crippen molar-refractivity contribution in [3.05, 3.63) is 0 Å². The summed E-state index contributed by atoms with van der Waals surface area (Å²) in [5.74, 6) is 0. The molecule has 0 aliphatic rings. The molecule has 0 spiro atoms. The molecule has 2 N–H and O–H groups in total. The van der Waals surface area contributed by atoms with Crippen LogP contribution in [-0.2, 0) is 70.1 Å². The molecule has 7 heteroatoms. The third kappa shape index (κ3) is 109. The van der Waals surface area contributed by atoms with Crippen molar-refractivity contribution in [3.63, 3.8) is 0 Å². The molecule has 40 valence electrons. The van der Waals surface area contributed by atoms with E-state index in [0.29, 0.717) is 0 Å². The molecule has 0 radical (unpaired) electrons. The average Bonchev–Trinajstić information content (AvgIpc) is 0. The van der Waals surface area contributed by atoms with Crippen LogP contribution in [0.15, 0.2) is 0 Å². The maximum atomic E-state index is 0. The smallest absolute Gasteiger partial charge is 2.00 e. The minimum Gasteiger partial charge on any atom is -2.00 e. The molecular formula is H2O5ScTa. The van der Waals surface area contributed by atoms with Gasteiger partial charge in [0.2, 0.25) is 0 Å². The average molecular weight is 308 g/mol. The molecule has 0 bridgehead atoms. The Morgan fingerprint density at radius 1 is 0.571 bits per heavy atom. The summed E-state index contributed by atoms with van der Waals surface area (Å²) in [6.07, 6.45) is 0. The first kappa shape index (κ1) is 232. The van der Waals surface area contributed by atoms with Gasteiger partial charge in [-0.1, -0.05) is 0 Å². The van der Waals surface area contributed by atoms with Crippen LogP contribution < -0.4 is 0 Å². The van der Waals surface area contributed by atoms with Crippen molar-refractivity contribution < 1.29 is 75.6 Å². The van der Waals surface area contributed by atoms with Crippen LogP contribution in [0, 0.1) is 0 Å². The number of hydrogen-bond donors (Lipinski definition) is 0. The van der Waals surface area contributed by atoms with Crippen LogP contribution in [0.25, 0.3) is 0 Å². The van der Waals surface area contributed by atoms with Crippen molar-refractivity contribution in [2.24, 2.45) is 0 Å². The molecule has 0 fully saturated rings. The summed E-state index contributed by atoms with van der Waals surface area (Å²) in [5, 5.41) is 0. The van der Waals surface area contributed by atoms with Crippen LogP contribution in [0.1, 0.15) is 0 Å². The van der Waals surface area contributed by atoms with E-state index in [0.717, 1.165) is 0 Å². The Morgan fingerprint density at radius 2 is 0.571 bits per heavy atom. The molecule has 0 atom stereocenters. The monoisotopic (exact) mass is 308 g/mol. The standard InChI is InChI=1S/H2O.4O.Sc.Ta/h1H2;;;;;;/q;4*-2;+3;+5. The largest absolute Gasteiger partial charge is 5.00 e. The molecule has 0 aromatic rings. The first-order chi connectivity index (χ1) is 0. The van der Waals surface area contributed by atoms with Gasteiger partial charge in [0.25, 0.3) is 0 Å². The zero-order chi connectivity index (χ0) is 0. The summed E-state index contributed by atoms with van der Waals surface area (Å²) in [4.78, 5) is 0. The topological polar surface area (TPSA) is 146 Å². The maximum Gasteiger partial charge on any atom is 5.00 e. The summed E-state index contributed by atoms with van der Waals surface area (Å²) < 4.78 is 0. The van der Waals surface area contributed by atoms with Crippen LogP contribution in [-0.4, -0.2) is 5.48 Å². The van der Waals surface area contributed by atoms with E-state index in [-0.39, 0.29) is 75.6 Å². The SMILES string of the molecule is O.[O-2].[O-2].[O-2].[O-2].[Sc+3].[Ta+5]. The summed E-state index contributed by atoms with van der Waals surface area (Å²) >= 11 is 0. The van der Waals surface area contributed by atoms with Gasteiger partial charge in [-0.05, 0) is 0 Å². The Bertz CT molecular complexity index is 8.04. The van der Waals surface area contributed by atoms with E-state index in [1.807, 2.05) is 0 Å². The van der Waals surface area contributed by atoms with Gasteiger partial charge >= 0.3 is 48.2 Å². The van der Waals surface area contributed by atoms with E-state index >= 15 is 0 Å². The molecule has 0 rings (SSSR count). The molecule has 0 aliphatic carbocycles. The third-order valence-corrected chi connectivity index (χ3v) is 0. The molecule has 7 heavy (non-hydrogen) atoms. The van der Waals surface area contributed by atoms with Crippen molar-refractivity contribution in [1.82, 2.24) is 0 Å². The van der Waals surface area contributed by atoms with E-state index in [1.54, 1.807) is 0 Å². The zero-order valence-electron chi connectivity index (χ0n) is 3.16. The first-order valence-electron chi connectivity index (χ1n) is 0. The van der Waals surface area contributed by atoms with Gasteiger partial charge in [0.15, 0.2) is 0 Å². The van der Waals surface area contributed by atoms with Gasteiger partial charge in [0.05, 0.1) is 0 Å². The minimum atomic E-state index is 0. The second kappa shape index (κ2) is 153. The molecule has 0 amide bonds. The Kier molecular flexibility index (Phi) is 5080. The maximum absolute atomic E-state index is 0. The third-order valence-electron chi connectivity index (χ3n) is 0. The zero-order valence-corrected chi connectivity index (χ0v) is 8.17. The van der Waals surface area contributed by atoms with Gasteiger partial charge in [-0.3, -0.25) is 0 Å². The summed E-state index contributed by atoms with van der Waals surface area (Å²) in [6, 6.07) is 0. The van der Waals surface area contributed by atoms with Gasteiger partial charge in [-0.15, -0.1) is 0 Å². The van der Waals surface area contributed by atoms with Crippen LogP contribution in [0.3, 0.4) is 0 Å². The van der Waals surface area contributed by atoms with Gasteiger partial charge in [-0.2, -0.15) is 0 Å². The minimum absolute atomic E-state index is 0. The summed E-state index contributed by atoms with van der Waals surface area (Å²) in [6.45, 7) is 0. The van der Waals surface area contributed by atoms with Crippen molar-refractivity contribution in [3.8, 4) is 0 Å². The fourth-order valence-corrected chi connectivity index (χ4v) is 0. The number of hydrogen-bond acceptors (Lipinski definition) is 0. The van der Waals surface area contributed by atoms with Crippen LogP contribution >= 0.6 is 0 Å². The molecule has 0 heterocycles. The Morgan fingerprint density at radius 3 is 0.571 bits per heavy atom. The fourth-order valence-electron chi connectivity index (χ4n) is 0. The molecule has 0 aliphatic heterocycles. The van der Waals surface area contributed by atoms with E-state index in [9.17, 15) is 0 Å². The van der Waals surface area contributed by atoms with Crippen molar-refractivity contribution in [2.75, 3.05) is 0 Å². The Hall–Kier alpha value is 1.41. The first-order valence-corrected chi connectivity index (χ1v) is 0. The van der Waals surface area contributed by atoms with Gasteiger partial charge in [0.1, 0.15) is 0 Å². The van der Waals surface area contributed by atoms with Gasteiger partial charge in [0, 0.05) is 0 Å². The second-order valence-corrected chi connectivity index (χ2v) is 0. The van der Waals surface area contributed by atoms with Crippen molar-refractivity contribution in [1.29, 1.82) is 0 Å². The normalized spacial score (nSPS) is 0. The van der Waals surface area contributed by atoms with E-state index in [4.69, 9.17) is 0 Å². The molecule has 0 saturated carbocycles. The predicted octanol–water partition coefficient (Wildman–Crippen LogP) is -1.30. The molecule has 0 unspecified atom stereocenters. The number of rotatable bonds is 0. The van der Waals surface area contributed by atoms with Crippen LogP contribution in [0.2, 0.25) is 0 Å². The van der Waals surface area contributed by atoms with Crippen LogP contribution in [0.4, 0.5) is 0 Å². The molecule has 0 saturated heterocycles. The van der Waals surface area contributed by atoms with E-state index in [2.05, 4.69) is 0 Å². The molecule has 0 aromatic heterocycles.